The van der Waals surface area contributed by atoms with Crippen molar-refractivity contribution < 1.29 is 4.79 Å². The number of nitrogens with one attached hydrogen (secondary N) is 2. The average molecular weight is 257 g/mol. The van der Waals surface area contributed by atoms with Crippen molar-refractivity contribution >= 4 is 5.91 Å². The second kappa shape index (κ2) is 7.36. The van der Waals surface area contributed by atoms with Crippen LogP contribution in [0.4, 0.5) is 0 Å². The molecule has 1 heterocycles. The number of hydrogen-bond donors (Lipinski definition) is 2. The third kappa shape index (κ3) is 4.95. The Balaban J connectivity index is 1.57. The monoisotopic (exact) mass is 257 g/mol. The van der Waals surface area contributed by atoms with Gasteiger partial charge in [0.05, 0.1) is 0 Å². The summed E-state index contributed by atoms with van der Waals surface area (Å²) in [6.07, 6.45) is 6.67. The van der Waals surface area contributed by atoms with Gasteiger partial charge in [-0.3, -0.25) is 4.79 Å². The molecular formula is C15H19N3O. The first-order valence-corrected chi connectivity index (χ1v) is 6.63. The molecule has 0 aliphatic heterocycles. The molecule has 0 aliphatic rings. The Labute approximate surface area is 113 Å². The first-order chi connectivity index (χ1) is 9.34. The number of hydrogen-bond acceptors (Lipinski definition) is 2. The lowest BCUT2D eigenvalue weighted by Gasteiger charge is -2.04. The van der Waals surface area contributed by atoms with Crippen molar-refractivity contribution in [2.24, 2.45) is 0 Å². The smallest absolute Gasteiger partial charge is 0.220 e. The lowest BCUT2D eigenvalue weighted by molar-refractivity contribution is -0.121. The highest BCUT2D eigenvalue weighted by atomic mass is 16.1. The maximum absolute atomic E-state index is 11.6. The van der Waals surface area contributed by atoms with Gasteiger partial charge in [0.15, 0.2) is 0 Å². The number of H-pyrrole nitrogens is 1. The minimum Gasteiger partial charge on any atom is -0.356 e. The minimum atomic E-state index is 0.113. The number of nitrogens with zero attached hydrogens (tertiary/aromatic N) is 1. The van der Waals surface area contributed by atoms with Crippen LogP contribution in [0.2, 0.25) is 0 Å². The molecule has 0 unspecified atom stereocenters. The summed E-state index contributed by atoms with van der Waals surface area (Å²) in [6, 6.07) is 10.2. The molecule has 0 fully saturated rings. The lowest BCUT2D eigenvalue weighted by atomic mass is 10.1. The van der Waals surface area contributed by atoms with Gasteiger partial charge in [-0.25, -0.2) is 4.98 Å². The fourth-order valence-electron chi connectivity index (χ4n) is 1.94. The molecule has 0 atom stereocenters. The van der Waals surface area contributed by atoms with E-state index in [1.165, 1.54) is 5.56 Å². The molecule has 1 aromatic carbocycles. The Morgan fingerprint density at radius 1 is 1.21 bits per heavy atom. The Kier molecular flexibility index (Phi) is 5.17. The molecular weight excluding hydrogens is 238 g/mol. The fourth-order valence-corrected chi connectivity index (χ4v) is 1.94. The fraction of sp³-hybridized carbons (Fsp3) is 0.333. The van der Waals surface area contributed by atoms with Crippen LogP contribution < -0.4 is 5.32 Å². The van der Waals surface area contributed by atoms with Crippen LogP contribution in [0.1, 0.15) is 24.2 Å². The average Bonchev–Trinajstić information content (AvgIpc) is 2.93. The Morgan fingerprint density at radius 3 is 2.79 bits per heavy atom. The molecule has 1 aromatic heterocycles. The maximum atomic E-state index is 11.6. The number of benzene rings is 1. The van der Waals surface area contributed by atoms with E-state index in [-0.39, 0.29) is 5.91 Å². The normalized spacial score (nSPS) is 10.3. The largest absolute Gasteiger partial charge is 0.356 e. The number of carbonyl (C=O) groups is 1. The van der Waals surface area contributed by atoms with Gasteiger partial charge >= 0.3 is 0 Å². The van der Waals surface area contributed by atoms with E-state index in [1.54, 1.807) is 12.4 Å². The molecule has 0 bridgehead atoms. The SMILES string of the molecule is O=C(CCCc1ccccc1)NCCc1ncc[nH]1. The number of carbonyl (C=O) groups excluding carboxylic acids is 1. The van der Waals surface area contributed by atoms with Gasteiger partial charge < -0.3 is 10.3 Å². The summed E-state index contributed by atoms with van der Waals surface area (Å²) in [5, 5.41) is 2.91. The van der Waals surface area contributed by atoms with E-state index >= 15 is 0 Å². The predicted octanol–water partition coefficient (Wildman–Crippen LogP) is 2.09. The Hall–Kier alpha value is -2.10. The Bertz CT molecular complexity index is 479. The van der Waals surface area contributed by atoms with Gasteiger partial charge in [-0.05, 0) is 18.4 Å². The van der Waals surface area contributed by atoms with Crippen molar-refractivity contribution in [3.63, 3.8) is 0 Å². The zero-order chi connectivity index (χ0) is 13.3. The number of aromatic amines is 1. The first kappa shape index (κ1) is 13.3. The molecule has 2 N–H and O–H groups in total. The molecule has 19 heavy (non-hydrogen) atoms. The first-order valence-electron chi connectivity index (χ1n) is 6.63. The molecule has 1 amide bonds. The standard InChI is InChI=1S/C15H19N3O/c19-15(18-10-9-14-16-11-12-17-14)8-4-7-13-5-2-1-3-6-13/h1-3,5-6,11-12H,4,7-10H2,(H,16,17)(H,18,19). The maximum Gasteiger partial charge on any atom is 0.220 e. The van der Waals surface area contributed by atoms with Crippen LogP contribution >= 0.6 is 0 Å². The summed E-state index contributed by atoms with van der Waals surface area (Å²) in [5.41, 5.74) is 1.28. The second-order valence-electron chi connectivity index (χ2n) is 4.47. The van der Waals surface area contributed by atoms with Gasteiger partial charge in [0.2, 0.25) is 5.91 Å². The highest BCUT2D eigenvalue weighted by Crippen LogP contribution is 2.04. The summed E-state index contributed by atoms with van der Waals surface area (Å²) >= 11 is 0. The Morgan fingerprint density at radius 2 is 2.05 bits per heavy atom. The molecule has 4 heteroatoms. The third-order valence-electron chi connectivity index (χ3n) is 2.95. The van der Waals surface area contributed by atoms with Gasteiger partial charge in [-0.15, -0.1) is 0 Å². The van der Waals surface area contributed by atoms with Crippen molar-refractivity contribution in [2.45, 2.75) is 25.7 Å². The number of aryl methyl sites for hydroxylation is 1. The summed E-state index contributed by atoms with van der Waals surface area (Å²) in [5.74, 6) is 1.02. The molecule has 0 saturated carbocycles. The molecule has 0 spiro atoms. The molecule has 0 aliphatic carbocycles. The van der Waals surface area contributed by atoms with E-state index in [0.717, 1.165) is 25.1 Å². The van der Waals surface area contributed by atoms with E-state index in [1.807, 2.05) is 18.2 Å². The van der Waals surface area contributed by atoms with Crippen LogP contribution in [0, 0.1) is 0 Å². The van der Waals surface area contributed by atoms with Crippen molar-refractivity contribution in [1.82, 2.24) is 15.3 Å². The van der Waals surface area contributed by atoms with Crippen LogP contribution in [0.5, 0.6) is 0 Å². The predicted molar refractivity (Wildman–Crippen MR) is 74.7 cm³/mol. The third-order valence-corrected chi connectivity index (χ3v) is 2.95. The van der Waals surface area contributed by atoms with Crippen molar-refractivity contribution in [3.05, 3.63) is 54.1 Å². The summed E-state index contributed by atoms with van der Waals surface area (Å²) in [7, 11) is 0. The molecule has 4 nitrogen and oxygen atoms in total. The minimum absolute atomic E-state index is 0.113. The van der Waals surface area contributed by atoms with Gasteiger partial charge in [-0.1, -0.05) is 30.3 Å². The van der Waals surface area contributed by atoms with Crippen LogP contribution in [0.15, 0.2) is 42.7 Å². The van der Waals surface area contributed by atoms with Gasteiger partial charge in [0, 0.05) is 31.8 Å². The second-order valence-corrected chi connectivity index (χ2v) is 4.47. The molecule has 2 rings (SSSR count). The van der Waals surface area contributed by atoms with Gasteiger partial charge in [0.1, 0.15) is 5.82 Å². The number of rotatable bonds is 7. The molecule has 2 aromatic rings. The molecule has 0 saturated heterocycles. The summed E-state index contributed by atoms with van der Waals surface area (Å²) < 4.78 is 0. The van der Waals surface area contributed by atoms with E-state index in [9.17, 15) is 4.79 Å². The van der Waals surface area contributed by atoms with Crippen LogP contribution in [-0.2, 0) is 17.6 Å². The van der Waals surface area contributed by atoms with E-state index < -0.39 is 0 Å². The summed E-state index contributed by atoms with van der Waals surface area (Å²) in [6.45, 7) is 0.637. The lowest BCUT2D eigenvalue weighted by Crippen LogP contribution is -2.25. The van der Waals surface area contributed by atoms with Crippen LogP contribution in [0.3, 0.4) is 0 Å². The zero-order valence-electron chi connectivity index (χ0n) is 10.9. The van der Waals surface area contributed by atoms with Crippen LogP contribution in [-0.4, -0.2) is 22.4 Å². The van der Waals surface area contributed by atoms with E-state index in [0.29, 0.717) is 13.0 Å². The number of aromatic nitrogens is 2. The highest BCUT2D eigenvalue weighted by Gasteiger charge is 2.02. The van der Waals surface area contributed by atoms with Gasteiger partial charge in [0.25, 0.3) is 0 Å². The van der Waals surface area contributed by atoms with Crippen molar-refractivity contribution in [3.8, 4) is 0 Å². The van der Waals surface area contributed by atoms with Crippen molar-refractivity contribution in [1.29, 1.82) is 0 Å². The zero-order valence-corrected chi connectivity index (χ0v) is 10.9. The number of imidazole rings is 1. The van der Waals surface area contributed by atoms with E-state index in [4.69, 9.17) is 0 Å². The van der Waals surface area contributed by atoms with Crippen LogP contribution in [0.25, 0.3) is 0 Å². The quantitative estimate of drug-likeness (QED) is 0.798. The topological polar surface area (TPSA) is 57.8 Å². The van der Waals surface area contributed by atoms with E-state index in [2.05, 4.69) is 27.4 Å². The molecule has 0 radical (unpaired) electrons. The van der Waals surface area contributed by atoms with Crippen molar-refractivity contribution in [2.75, 3.05) is 6.54 Å². The summed E-state index contributed by atoms with van der Waals surface area (Å²) in [4.78, 5) is 18.7. The highest BCUT2D eigenvalue weighted by molar-refractivity contribution is 5.75. The van der Waals surface area contributed by atoms with Gasteiger partial charge in [-0.2, -0.15) is 0 Å². The number of amides is 1. The molecule has 100 valence electrons.